The number of aromatic nitrogens is 5. The summed E-state index contributed by atoms with van der Waals surface area (Å²) < 4.78 is 1.22. The number of aromatic amines is 1. The van der Waals surface area contributed by atoms with Crippen LogP contribution < -0.4 is 11.0 Å². The normalized spacial score (nSPS) is 10.1. The minimum atomic E-state index is -0.456. The van der Waals surface area contributed by atoms with Crippen LogP contribution in [0, 0.1) is 0 Å². The molecule has 0 aliphatic heterocycles. The van der Waals surface area contributed by atoms with Crippen LogP contribution in [0.2, 0.25) is 0 Å². The maximum atomic E-state index is 11.5. The lowest BCUT2D eigenvalue weighted by Gasteiger charge is -2.04. The van der Waals surface area contributed by atoms with Gasteiger partial charge in [-0.2, -0.15) is 5.10 Å². The minimum absolute atomic E-state index is 0.0686. The minimum Gasteiger partial charge on any atom is -0.347 e. The lowest BCUT2D eigenvalue weighted by Crippen LogP contribution is -2.32. The summed E-state index contributed by atoms with van der Waals surface area (Å²) in [7, 11) is 0. The van der Waals surface area contributed by atoms with Gasteiger partial charge >= 0.3 is 5.69 Å². The molecule has 0 fully saturated rings. The Bertz CT molecular complexity index is 547. The number of hydrogen-bond donors (Lipinski definition) is 2. The molecule has 2 rings (SSSR count). The number of nitrogens with one attached hydrogen (secondary N) is 2. The summed E-state index contributed by atoms with van der Waals surface area (Å²) >= 11 is 0. The van der Waals surface area contributed by atoms with Crippen LogP contribution in [0.1, 0.15) is 5.82 Å². The van der Waals surface area contributed by atoms with Crippen LogP contribution in [-0.4, -0.2) is 30.6 Å². The zero-order chi connectivity index (χ0) is 12.1. The Morgan fingerprint density at radius 1 is 1.47 bits per heavy atom. The zero-order valence-electron chi connectivity index (χ0n) is 8.83. The van der Waals surface area contributed by atoms with E-state index in [1.807, 2.05) is 0 Å². The molecule has 0 bridgehead atoms. The van der Waals surface area contributed by atoms with Crippen molar-refractivity contribution in [3.63, 3.8) is 0 Å². The van der Waals surface area contributed by atoms with E-state index < -0.39 is 5.69 Å². The second-order valence-corrected chi connectivity index (χ2v) is 3.24. The smallest absolute Gasteiger partial charge is 0.347 e. The predicted molar refractivity (Wildman–Crippen MR) is 56.7 cm³/mol. The highest BCUT2D eigenvalue weighted by Crippen LogP contribution is 1.85. The number of amides is 1. The van der Waals surface area contributed by atoms with Gasteiger partial charge in [-0.3, -0.25) is 14.5 Å². The first kappa shape index (κ1) is 11.0. The Hall–Kier alpha value is -2.51. The summed E-state index contributed by atoms with van der Waals surface area (Å²) in [4.78, 5) is 30.1. The van der Waals surface area contributed by atoms with Gasteiger partial charge in [0.2, 0.25) is 5.91 Å². The molecule has 2 aromatic rings. The van der Waals surface area contributed by atoms with Crippen molar-refractivity contribution >= 4 is 5.91 Å². The molecular formula is C9H10N6O2. The second kappa shape index (κ2) is 5.01. The molecule has 0 saturated carbocycles. The van der Waals surface area contributed by atoms with Crippen molar-refractivity contribution in [2.75, 3.05) is 0 Å². The Kier molecular flexibility index (Phi) is 3.24. The van der Waals surface area contributed by atoms with Gasteiger partial charge < -0.3 is 5.32 Å². The van der Waals surface area contributed by atoms with Crippen molar-refractivity contribution in [1.29, 1.82) is 0 Å². The molecule has 0 radical (unpaired) electrons. The van der Waals surface area contributed by atoms with Gasteiger partial charge in [0.25, 0.3) is 0 Å². The first-order valence-electron chi connectivity index (χ1n) is 4.88. The van der Waals surface area contributed by atoms with E-state index in [9.17, 15) is 9.59 Å². The number of carbonyl (C=O) groups excluding carboxylic acids is 1. The highest BCUT2D eigenvalue weighted by atomic mass is 16.2. The summed E-state index contributed by atoms with van der Waals surface area (Å²) in [6, 6.07) is 1.59. The molecule has 1 amide bonds. The van der Waals surface area contributed by atoms with Gasteiger partial charge in [0.15, 0.2) is 0 Å². The molecule has 0 atom stereocenters. The maximum absolute atomic E-state index is 11.5. The zero-order valence-corrected chi connectivity index (χ0v) is 8.83. The number of carbonyl (C=O) groups is 1. The van der Waals surface area contributed by atoms with Crippen molar-refractivity contribution in [3.05, 3.63) is 41.1 Å². The molecular weight excluding hydrogens is 224 g/mol. The summed E-state index contributed by atoms with van der Waals surface area (Å²) in [5.41, 5.74) is -0.456. The third-order valence-corrected chi connectivity index (χ3v) is 2.01. The summed E-state index contributed by atoms with van der Waals surface area (Å²) in [5.74, 6) is 0.258. The van der Waals surface area contributed by atoms with E-state index >= 15 is 0 Å². The van der Waals surface area contributed by atoms with E-state index in [4.69, 9.17) is 0 Å². The van der Waals surface area contributed by atoms with E-state index in [0.717, 1.165) is 0 Å². The number of nitrogens with zero attached hydrogens (tertiary/aromatic N) is 4. The molecule has 2 heterocycles. The van der Waals surface area contributed by atoms with Crippen molar-refractivity contribution in [3.8, 4) is 0 Å². The summed E-state index contributed by atoms with van der Waals surface area (Å²) in [5, 5.41) is 8.86. The molecule has 2 aromatic heterocycles. The fraction of sp³-hybridized carbons (Fsp3) is 0.222. The maximum Gasteiger partial charge on any atom is 0.347 e. The summed E-state index contributed by atoms with van der Waals surface area (Å²) in [6.07, 6.45) is 4.24. The second-order valence-electron chi connectivity index (χ2n) is 3.24. The number of hydrogen-bond acceptors (Lipinski definition) is 5. The third kappa shape index (κ3) is 2.97. The molecule has 2 N–H and O–H groups in total. The number of H-pyrrole nitrogens is 1. The van der Waals surface area contributed by atoms with E-state index in [-0.39, 0.29) is 19.0 Å². The van der Waals surface area contributed by atoms with Crippen molar-refractivity contribution < 1.29 is 4.79 Å². The molecule has 0 aromatic carbocycles. The summed E-state index contributed by atoms with van der Waals surface area (Å²) in [6.45, 7) is 0.175. The Morgan fingerprint density at radius 2 is 2.35 bits per heavy atom. The highest BCUT2D eigenvalue weighted by molar-refractivity contribution is 5.75. The molecule has 88 valence electrons. The van der Waals surface area contributed by atoms with E-state index in [1.165, 1.54) is 23.3 Å². The lowest BCUT2D eigenvalue weighted by molar-refractivity contribution is -0.121. The molecule has 0 aliphatic rings. The molecule has 0 spiro atoms. The molecule has 17 heavy (non-hydrogen) atoms. The van der Waals surface area contributed by atoms with Crippen LogP contribution in [-0.2, 0) is 17.9 Å². The average Bonchev–Trinajstić information content (AvgIpc) is 2.82. The van der Waals surface area contributed by atoms with Gasteiger partial charge in [-0.15, -0.1) is 0 Å². The van der Waals surface area contributed by atoms with Crippen LogP contribution in [0.25, 0.3) is 0 Å². The predicted octanol–water partition coefficient (Wildman–Crippen LogP) is -1.32. The lowest BCUT2D eigenvalue weighted by atomic mass is 10.5. The highest BCUT2D eigenvalue weighted by Gasteiger charge is 2.04. The van der Waals surface area contributed by atoms with E-state index in [2.05, 4.69) is 25.5 Å². The van der Waals surface area contributed by atoms with Crippen molar-refractivity contribution in [1.82, 2.24) is 30.0 Å². The van der Waals surface area contributed by atoms with E-state index in [1.54, 1.807) is 6.07 Å². The Labute approximate surface area is 95.7 Å². The van der Waals surface area contributed by atoms with Gasteiger partial charge in [0, 0.05) is 12.4 Å². The number of rotatable bonds is 4. The SMILES string of the molecule is O=C(Cn1cccnc1=O)NCc1ncn[nH]1. The average molecular weight is 234 g/mol. The van der Waals surface area contributed by atoms with Gasteiger partial charge in [-0.05, 0) is 6.07 Å². The largest absolute Gasteiger partial charge is 0.347 e. The van der Waals surface area contributed by atoms with Crippen molar-refractivity contribution in [2.24, 2.45) is 0 Å². The molecule has 0 saturated heterocycles. The Balaban J connectivity index is 1.90. The van der Waals surface area contributed by atoms with E-state index in [0.29, 0.717) is 5.82 Å². The monoisotopic (exact) mass is 234 g/mol. The van der Waals surface area contributed by atoms with Crippen molar-refractivity contribution in [2.45, 2.75) is 13.1 Å². The fourth-order valence-corrected chi connectivity index (χ4v) is 1.22. The third-order valence-electron chi connectivity index (χ3n) is 2.01. The fourth-order valence-electron chi connectivity index (χ4n) is 1.22. The first-order valence-corrected chi connectivity index (χ1v) is 4.88. The molecule has 8 heteroatoms. The van der Waals surface area contributed by atoms with Gasteiger partial charge in [0.1, 0.15) is 18.7 Å². The van der Waals surface area contributed by atoms with Gasteiger partial charge in [-0.25, -0.2) is 14.8 Å². The van der Waals surface area contributed by atoms with Crippen LogP contribution in [0.4, 0.5) is 0 Å². The molecule has 0 unspecified atom stereocenters. The van der Waals surface area contributed by atoms with Crippen LogP contribution in [0.5, 0.6) is 0 Å². The quantitative estimate of drug-likeness (QED) is 0.682. The standard InChI is InChI=1S/C9H10N6O2/c16-8(11-4-7-12-6-13-14-7)5-15-3-1-2-10-9(15)17/h1-3,6H,4-5H2,(H,11,16)(H,12,13,14). The van der Waals surface area contributed by atoms with Crippen LogP contribution in [0.3, 0.4) is 0 Å². The van der Waals surface area contributed by atoms with Crippen LogP contribution in [0.15, 0.2) is 29.6 Å². The van der Waals surface area contributed by atoms with Gasteiger partial charge in [0.05, 0.1) is 6.54 Å². The van der Waals surface area contributed by atoms with Crippen LogP contribution >= 0.6 is 0 Å². The first-order chi connectivity index (χ1) is 8.25. The Morgan fingerprint density at radius 3 is 3.06 bits per heavy atom. The molecule has 0 aliphatic carbocycles. The topological polar surface area (TPSA) is 106 Å². The van der Waals surface area contributed by atoms with Gasteiger partial charge in [-0.1, -0.05) is 0 Å². The molecule has 8 nitrogen and oxygen atoms in total.